The van der Waals surface area contributed by atoms with E-state index in [0.29, 0.717) is 13.0 Å². The van der Waals surface area contributed by atoms with Crippen LogP contribution in [0.2, 0.25) is 0 Å². The Morgan fingerprint density at radius 1 is 1.33 bits per heavy atom. The molecular weight excluding hydrogens is 324 g/mol. The molecule has 2 aromatic rings. The minimum atomic E-state index is -0.186. The van der Waals surface area contributed by atoms with E-state index >= 15 is 0 Å². The third-order valence-corrected chi connectivity index (χ3v) is 4.86. The number of hydrogen-bond donors (Lipinski definition) is 1. The lowest BCUT2D eigenvalue weighted by Crippen LogP contribution is -2.49. The average molecular weight is 344 g/mol. The number of aromatic nitrogens is 2. The smallest absolute Gasteiger partial charge is 0.249 e. The van der Waals surface area contributed by atoms with Gasteiger partial charge in [-0.1, -0.05) is 30.0 Å². The highest BCUT2D eigenvalue weighted by molar-refractivity contribution is 7.99. The number of nitrogens with zero attached hydrogens (tertiary/aromatic N) is 3. The average Bonchev–Trinajstić information content (AvgIpc) is 3.04. The number of aryl methyl sites for hydroxylation is 1. The van der Waals surface area contributed by atoms with Crippen molar-refractivity contribution in [3.8, 4) is 5.69 Å². The third kappa shape index (κ3) is 3.79. The van der Waals surface area contributed by atoms with Gasteiger partial charge in [-0.2, -0.15) is 0 Å². The maximum Gasteiger partial charge on any atom is 0.249 e. The lowest BCUT2D eigenvalue weighted by molar-refractivity contribution is -0.142. The van der Waals surface area contributed by atoms with Gasteiger partial charge in [0.2, 0.25) is 11.8 Å². The fourth-order valence-corrected chi connectivity index (χ4v) is 3.41. The molecule has 1 aromatic heterocycles. The number of carbonyl (C=O) groups is 2. The van der Waals surface area contributed by atoms with Gasteiger partial charge in [0.25, 0.3) is 0 Å². The number of nitrogens with one attached hydrogen (secondary N) is 1. The number of hydrogen-bond acceptors (Lipinski definition) is 4. The van der Waals surface area contributed by atoms with E-state index in [4.69, 9.17) is 0 Å². The number of benzene rings is 1. The molecule has 0 atom stereocenters. The molecule has 2 amide bonds. The van der Waals surface area contributed by atoms with E-state index in [-0.39, 0.29) is 17.6 Å². The molecule has 1 saturated heterocycles. The standard InChI is InChI=1S/C17H20N4O2S/c1-13-6-2-3-7-14(13)20-11-9-18-17(20)24-12-15(22)19-21-10-5-4-8-16(21)23/h2-3,6-7,9,11H,4-5,8,10,12H2,1H3,(H,19,22). The summed E-state index contributed by atoms with van der Waals surface area (Å²) >= 11 is 1.36. The van der Waals surface area contributed by atoms with Crippen molar-refractivity contribution in [3.05, 3.63) is 42.2 Å². The molecule has 0 spiro atoms. The highest BCUT2D eigenvalue weighted by Gasteiger charge is 2.20. The van der Waals surface area contributed by atoms with Crippen molar-refractivity contribution >= 4 is 23.6 Å². The molecule has 7 heteroatoms. The number of piperidine rings is 1. The Balaban J connectivity index is 1.61. The molecule has 0 saturated carbocycles. The predicted octanol–water partition coefficient (Wildman–Crippen LogP) is 2.32. The summed E-state index contributed by atoms with van der Waals surface area (Å²) in [5, 5.41) is 2.18. The van der Waals surface area contributed by atoms with E-state index in [1.807, 2.05) is 42.0 Å². The lowest BCUT2D eigenvalue weighted by atomic mass is 10.1. The number of carbonyl (C=O) groups excluding carboxylic acids is 2. The number of imidazole rings is 1. The minimum absolute atomic E-state index is 0.0130. The maximum atomic E-state index is 12.1. The van der Waals surface area contributed by atoms with Crippen molar-refractivity contribution in [2.24, 2.45) is 0 Å². The van der Waals surface area contributed by atoms with Gasteiger partial charge in [0.05, 0.1) is 11.4 Å². The Bertz CT molecular complexity index is 744. The molecule has 0 unspecified atom stereocenters. The zero-order valence-corrected chi connectivity index (χ0v) is 14.4. The van der Waals surface area contributed by atoms with Crippen LogP contribution in [0.5, 0.6) is 0 Å². The Kier molecular flexibility index (Phi) is 5.20. The first-order valence-electron chi connectivity index (χ1n) is 7.97. The number of para-hydroxylation sites is 1. The van der Waals surface area contributed by atoms with Crippen LogP contribution in [0.15, 0.2) is 41.8 Å². The fraction of sp³-hybridized carbons (Fsp3) is 0.353. The van der Waals surface area contributed by atoms with Crippen LogP contribution in [-0.2, 0) is 9.59 Å². The molecule has 1 fully saturated rings. The highest BCUT2D eigenvalue weighted by Crippen LogP contribution is 2.22. The van der Waals surface area contributed by atoms with Crippen LogP contribution in [0, 0.1) is 6.92 Å². The van der Waals surface area contributed by atoms with Crippen molar-refractivity contribution in [3.63, 3.8) is 0 Å². The summed E-state index contributed by atoms with van der Waals surface area (Å²) < 4.78 is 1.97. The molecule has 2 heterocycles. The van der Waals surface area contributed by atoms with E-state index in [0.717, 1.165) is 29.2 Å². The Hall–Kier alpha value is -2.28. The van der Waals surface area contributed by atoms with Gasteiger partial charge in [-0.05, 0) is 31.4 Å². The highest BCUT2D eigenvalue weighted by atomic mass is 32.2. The Labute approximate surface area is 145 Å². The SMILES string of the molecule is Cc1ccccc1-n1ccnc1SCC(=O)NN1CCCCC1=O. The minimum Gasteiger partial charge on any atom is -0.295 e. The van der Waals surface area contributed by atoms with Gasteiger partial charge in [0.15, 0.2) is 5.16 Å². The van der Waals surface area contributed by atoms with E-state index in [1.165, 1.54) is 16.8 Å². The van der Waals surface area contributed by atoms with Crippen LogP contribution >= 0.6 is 11.8 Å². The quantitative estimate of drug-likeness (QED) is 0.845. The number of thioether (sulfide) groups is 1. The van der Waals surface area contributed by atoms with Crippen molar-refractivity contribution < 1.29 is 9.59 Å². The maximum absolute atomic E-state index is 12.1. The molecule has 0 bridgehead atoms. The van der Waals surface area contributed by atoms with Gasteiger partial charge in [0, 0.05) is 25.4 Å². The van der Waals surface area contributed by atoms with E-state index in [1.54, 1.807) is 6.20 Å². The summed E-state index contributed by atoms with van der Waals surface area (Å²) in [4.78, 5) is 28.2. The van der Waals surface area contributed by atoms with Crippen LogP contribution in [-0.4, -0.2) is 38.7 Å². The predicted molar refractivity (Wildman–Crippen MR) is 92.7 cm³/mol. The van der Waals surface area contributed by atoms with Crippen LogP contribution in [0.3, 0.4) is 0 Å². The largest absolute Gasteiger partial charge is 0.295 e. The summed E-state index contributed by atoms with van der Waals surface area (Å²) in [5.41, 5.74) is 4.87. The van der Waals surface area contributed by atoms with Gasteiger partial charge in [-0.15, -0.1) is 0 Å². The molecule has 1 N–H and O–H groups in total. The van der Waals surface area contributed by atoms with Gasteiger partial charge in [-0.3, -0.25) is 24.6 Å². The lowest BCUT2D eigenvalue weighted by Gasteiger charge is -2.26. The number of amides is 2. The second kappa shape index (κ2) is 7.53. The Morgan fingerprint density at radius 3 is 2.96 bits per heavy atom. The molecule has 126 valence electrons. The monoisotopic (exact) mass is 344 g/mol. The second-order valence-corrected chi connectivity index (χ2v) is 6.63. The van der Waals surface area contributed by atoms with Crippen molar-refractivity contribution in [2.45, 2.75) is 31.3 Å². The van der Waals surface area contributed by atoms with Gasteiger partial charge < -0.3 is 0 Å². The zero-order chi connectivity index (χ0) is 16.9. The molecule has 0 aliphatic carbocycles. The van der Waals surface area contributed by atoms with Crippen LogP contribution in [0.25, 0.3) is 5.69 Å². The number of rotatable bonds is 5. The normalized spacial score (nSPS) is 14.7. The molecule has 1 aliphatic rings. The first kappa shape index (κ1) is 16.6. The topological polar surface area (TPSA) is 67.2 Å². The zero-order valence-electron chi connectivity index (χ0n) is 13.6. The molecule has 0 radical (unpaired) electrons. The van der Waals surface area contributed by atoms with Crippen molar-refractivity contribution in [2.75, 3.05) is 12.3 Å². The molecule has 3 rings (SSSR count). The molecule has 24 heavy (non-hydrogen) atoms. The second-order valence-electron chi connectivity index (χ2n) is 5.69. The summed E-state index contributed by atoms with van der Waals surface area (Å²) in [6, 6.07) is 8.03. The van der Waals surface area contributed by atoms with Gasteiger partial charge in [-0.25, -0.2) is 4.98 Å². The van der Waals surface area contributed by atoms with Gasteiger partial charge >= 0.3 is 0 Å². The van der Waals surface area contributed by atoms with Crippen molar-refractivity contribution in [1.82, 2.24) is 20.0 Å². The van der Waals surface area contributed by atoms with E-state index in [2.05, 4.69) is 10.4 Å². The molecule has 6 nitrogen and oxygen atoms in total. The van der Waals surface area contributed by atoms with Crippen LogP contribution in [0.1, 0.15) is 24.8 Å². The fourth-order valence-electron chi connectivity index (χ4n) is 2.65. The summed E-state index contributed by atoms with van der Waals surface area (Å²) in [5.74, 6) is 0.0164. The van der Waals surface area contributed by atoms with Crippen LogP contribution < -0.4 is 5.43 Å². The summed E-state index contributed by atoms with van der Waals surface area (Å²) in [7, 11) is 0. The van der Waals surface area contributed by atoms with Gasteiger partial charge in [0.1, 0.15) is 0 Å². The summed E-state index contributed by atoms with van der Waals surface area (Å²) in [6.45, 7) is 2.63. The molecule has 1 aliphatic heterocycles. The third-order valence-electron chi connectivity index (χ3n) is 3.90. The first-order valence-corrected chi connectivity index (χ1v) is 8.96. The first-order chi connectivity index (χ1) is 11.6. The van der Waals surface area contributed by atoms with E-state index in [9.17, 15) is 9.59 Å². The Morgan fingerprint density at radius 2 is 2.17 bits per heavy atom. The number of hydrazine groups is 1. The van der Waals surface area contributed by atoms with Crippen molar-refractivity contribution in [1.29, 1.82) is 0 Å². The summed E-state index contributed by atoms with van der Waals surface area (Å²) in [6.07, 6.45) is 5.94. The van der Waals surface area contributed by atoms with Crippen LogP contribution in [0.4, 0.5) is 0 Å². The molecule has 1 aromatic carbocycles. The van der Waals surface area contributed by atoms with E-state index < -0.39 is 0 Å². The molecular formula is C17H20N4O2S.